The first-order valence-corrected chi connectivity index (χ1v) is 6.25. The summed E-state index contributed by atoms with van der Waals surface area (Å²) in [6, 6.07) is 0. The number of hydrogen-bond donors (Lipinski definition) is 2. The molecule has 3 N–H and O–H groups in total. The zero-order valence-corrected chi connectivity index (χ0v) is 8.78. The van der Waals surface area contributed by atoms with E-state index in [0.717, 1.165) is 5.75 Å². The third-order valence-electron chi connectivity index (χ3n) is 0.996. The van der Waals surface area contributed by atoms with Gasteiger partial charge in [-0.3, -0.25) is 0 Å². The number of thioether (sulfide) groups is 1. The summed E-state index contributed by atoms with van der Waals surface area (Å²) in [4.78, 5) is 10.1. The van der Waals surface area contributed by atoms with Gasteiger partial charge in [0.25, 0.3) is 0 Å². The highest BCUT2D eigenvalue weighted by atomic mass is 32.2. The van der Waals surface area contributed by atoms with Crippen molar-refractivity contribution in [2.24, 2.45) is 5.73 Å². The molecule has 0 aliphatic rings. The Kier molecular flexibility index (Phi) is 5.84. The van der Waals surface area contributed by atoms with E-state index in [-0.39, 0.29) is 6.54 Å². The molecule has 78 valence electrons. The minimum Gasteiger partial charge on any atom is -0.334 e. The number of amides is 1. The Balaban J connectivity index is 3.71. The predicted molar refractivity (Wildman–Crippen MR) is 50.6 cm³/mol. The number of carbonyl (C=O) groups is 1. The van der Waals surface area contributed by atoms with Crippen LogP contribution in [-0.2, 0) is 14.5 Å². The number of primary amides is 1. The lowest BCUT2D eigenvalue weighted by atomic mass is 10.5. The Morgan fingerprint density at radius 3 is 2.69 bits per heavy atom. The van der Waals surface area contributed by atoms with Crippen molar-refractivity contribution in [3.05, 3.63) is 0 Å². The van der Waals surface area contributed by atoms with Gasteiger partial charge in [-0.15, -0.1) is 0 Å². The van der Waals surface area contributed by atoms with Gasteiger partial charge >= 0.3 is 16.4 Å². The lowest BCUT2D eigenvalue weighted by molar-refractivity contribution is 0.212. The summed E-state index contributed by atoms with van der Waals surface area (Å²) in [6.45, 7) is 0.233. The van der Waals surface area contributed by atoms with Crippen LogP contribution >= 0.6 is 11.8 Å². The van der Waals surface area contributed by atoms with Crippen LogP contribution in [0.2, 0.25) is 0 Å². The predicted octanol–water partition coefficient (Wildman–Crippen LogP) is -0.331. The molecular weight excluding hydrogens is 216 g/mol. The molecule has 6 nitrogen and oxygen atoms in total. The highest BCUT2D eigenvalue weighted by molar-refractivity contribution is 7.98. The van der Waals surface area contributed by atoms with Crippen molar-refractivity contribution in [1.29, 1.82) is 0 Å². The maximum absolute atomic E-state index is 10.8. The molecule has 0 aromatic carbocycles. The van der Waals surface area contributed by atoms with Crippen molar-refractivity contribution in [1.82, 2.24) is 4.72 Å². The van der Waals surface area contributed by atoms with E-state index < -0.39 is 16.4 Å². The van der Waals surface area contributed by atoms with Crippen LogP contribution in [0.1, 0.15) is 6.42 Å². The Morgan fingerprint density at radius 2 is 2.23 bits per heavy atom. The van der Waals surface area contributed by atoms with Crippen LogP contribution in [0.15, 0.2) is 0 Å². The molecular formula is C5H12N2O4S2. The molecule has 0 heterocycles. The Morgan fingerprint density at radius 1 is 1.62 bits per heavy atom. The average molecular weight is 228 g/mol. The number of nitrogens with two attached hydrogens (primary N) is 1. The lowest BCUT2D eigenvalue weighted by Crippen LogP contribution is -2.31. The Hall–Kier alpha value is -0.470. The molecule has 0 aliphatic heterocycles. The average Bonchev–Trinajstić information content (AvgIpc) is 1.95. The first-order chi connectivity index (χ1) is 5.98. The smallest absolute Gasteiger partial charge is 0.334 e. The minimum absolute atomic E-state index is 0.233. The van der Waals surface area contributed by atoms with E-state index in [4.69, 9.17) is 0 Å². The van der Waals surface area contributed by atoms with Gasteiger partial charge in [0.2, 0.25) is 0 Å². The molecule has 8 heteroatoms. The number of rotatable bonds is 6. The van der Waals surface area contributed by atoms with Crippen LogP contribution in [-0.4, -0.2) is 33.1 Å². The highest BCUT2D eigenvalue weighted by Crippen LogP contribution is 1.95. The molecule has 0 aromatic rings. The van der Waals surface area contributed by atoms with Gasteiger partial charge in [0, 0.05) is 6.54 Å². The third-order valence-corrected chi connectivity index (χ3v) is 2.63. The second-order valence-electron chi connectivity index (χ2n) is 2.10. The van der Waals surface area contributed by atoms with Gasteiger partial charge in [0.1, 0.15) is 0 Å². The van der Waals surface area contributed by atoms with Crippen molar-refractivity contribution in [2.45, 2.75) is 6.42 Å². The van der Waals surface area contributed by atoms with E-state index >= 15 is 0 Å². The van der Waals surface area contributed by atoms with Crippen molar-refractivity contribution in [2.75, 3.05) is 18.6 Å². The van der Waals surface area contributed by atoms with Crippen molar-refractivity contribution in [3.63, 3.8) is 0 Å². The molecule has 0 saturated carbocycles. The second kappa shape index (κ2) is 6.06. The SMILES string of the molecule is CSCCCNS(=O)(=O)OC(N)=O. The molecule has 0 rings (SSSR count). The van der Waals surface area contributed by atoms with E-state index in [1.54, 1.807) is 11.8 Å². The quantitative estimate of drug-likeness (QED) is 0.606. The molecule has 0 saturated heterocycles. The van der Waals surface area contributed by atoms with Gasteiger partial charge < -0.3 is 9.92 Å². The molecule has 0 aromatic heterocycles. The Bertz CT molecular complexity index is 251. The van der Waals surface area contributed by atoms with Gasteiger partial charge in [0.15, 0.2) is 0 Å². The van der Waals surface area contributed by atoms with Gasteiger partial charge in [-0.05, 0) is 18.4 Å². The fourth-order valence-electron chi connectivity index (χ4n) is 0.551. The lowest BCUT2D eigenvalue weighted by Gasteiger charge is -2.03. The van der Waals surface area contributed by atoms with Crippen LogP contribution < -0.4 is 10.5 Å². The summed E-state index contributed by atoms with van der Waals surface area (Å²) < 4.78 is 27.4. The van der Waals surface area contributed by atoms with Crippen molar-refractivity contribution < 1.29 is 17.4 Å². The van der Waals surface area contributed by atoms with E-state index in [1.807, 2.05) is 6.26 Å². The summed E-state index contributed by atoms with van der Waals surface area (Å²) >= 11 is 1.60. The topological polar surface area (TPSA) is 98.5 Å². The van der Waals surface area contributed by atoms with Crippen LogP contribution in [0.5, 0.6) is 0 Å². The van der Waals surface area contributed by atoms with E-state index in [2.05, 4.69) is 14.6 Å². The zero-order chi connectivity index (χ0) is 10.3. The summed E-state index contributed by atoms with van der Waals surface area (Å²) in [7, 11) is -4.00. The number of hydrogen-bond acceptors (Lipinski definition) is 5. The molecule has 0 unspecified atom stereocenters. The molecule has 0 radical (unpaired) electrons. The molecule has 0 spiro atoms. The second-order valence-corrected chi connectivity index (χ2v) is 4.45. The van der Waals surface area contributed by atoms with Crippen LogP contribution in [0.3, 0.4) is 0 Å². The van der Waals surface area contributed by atoms with Gasteiger partial charge in [0.05, 0.1) is 0 Å². The molecule has 13 heavy (non-hydrogen) atoms. The van der Waals surface area contributed by atoms with Crippen LogP contribution in [0.4, 0.5) is 4.79 Å². The summed E-state index contributed by atoms with van der Waals surface area (Å²) in [5.74, 6) is 0.832. The summed E-state index contributed by atoms with van der Waals surface area (Å²) in [5.41, 5.74) is 4.52. The maximum Gasteiger partial charge on any atom is 0.421 e. The van der Waals surface area contributed by atoms with Crippen molar-refractivity contribution >= 4 is 28.2 Å². The summed E-state index contributed by atoms with van der Waals surface area (Å²) in [5, 5.41) is 0. The molecule has 0 atom stereocenters. The van der Waals surface area contributed by atoms with E-state index in [1.165, 1.54) is 0 Å². The maximum atomic E-state index is 10.8. The highest BCUT2D eigenvalue weighted by Gasteiger charge is 2.12. The molecule has 1 amide bonds. The molecule has 0 bridgehead atoms. The number of carbonyl (C=O) groups excluding carboxylic acids is 1. The van der Waals surface area contributed by atoms with Crippen LogP contribution in [0, 0.1) is 0 Å². The monoisotopic (exact) mass is 228 g/mol. The normalized spacial score (nSPS) is 11.2. The largest absolute Gasteiger partial charge is 0.421 e. The first kappa shape index (κ1) is 12.5. The first-order valence-electron chi connectivity index (χ1n) is 3.45. The van der Waals surface area contributed by atoms with E-state index in [0.29, 0.717) is 6.42 Å². The van der Waals surface area contributed by atoms with Gasteiger partial charge in [-0.1, -0.05) is 0 Å². The standard InChI is InChI=1S/C5H12N2O4S2/c1-12-4-2-3-7-13(9,10)11-5(6)8/h7H,2-4H2,1H3,(H2,6,8). The van der Waals surface area contributed by atoms with Gasteiger partial charge in [-0.25, -0.2) is 4.79 Å². The Labute approximate surface area is 81.5 Å². The fourth-order valence-corrected chi connectivity index (χ4v) is 1.65. The van der Waals surface area contributed by atoms with Crippen LogP contribution in [0.25, 0.3) is 0 Å². The van der Waals surface area contributed by atoms with Gasteiger partial charge in [-0.2, -0.15) is 24.9 Å². The summed E-state index contributed by atoms with van der Waals surface area (Å²) in [6.07, 6.45) is 1.24. The fraction of sp³-hybridized carbons (Fsp3) is 0.800. The number of nitrogens with one attached hydrogen (secondary N) is 1. The molecule has 0 fully saturated rings. The zero-order valence-electron chi connectivity index (χ0n) is 7.15. The molecule has 0 aliphatic carbocycles. The van der Waals surface area contributed by atoms with Crippen molar-refractivity contribution in [3.8, 4) is 0 Å². The minimum atomic E-state index is -4.00. The third kappa shape index (κ3) is 7.88. The van der Waals surface area contributed by atoms with E-state index in [9.17, 15) is 13.2 Å².